The molecule has 0 aromatic rings. The van der Waals surface area contributed by atoms with Gasteiger partial charge in [-0.25, -0.2) is 0 Å². The fourth-order valence-corrected chi connectivity index (χ4v) is 2.44. The van der Waals surface area contributed by atoms with Crippen LogP contribution in [0.25, 0.3) is 0 Å². The highest BCUT2D eigenvalue weighted by Crippen LogP contribution is 2.26. The van der Waals surface area contributed by atoms with E-state index >= 15 is 0 Å². The van der Waals surface area contributed by atoms with Crippen LogP contribution in [0.15, 0.2) is 0 Å². The van der Waals surface area contributed by atoms with E-state index in [9.17, 15) is 4.79 Å². The Bertz CT molecular complexity index is 284. The third kappa shape index (κ3) is 2.73. The summed E-state index contributed by atoms with van der Waals surface area (Å²) in [5.41, 5.74) is 0. The number of hydrogen-bond donors (Lipinski definition) is 0. The molecule has 88 valence electrons. The second kappa shape index (κ2) is 5.31. The standard InChI is InChI=1S/C12H18N2O2/c13-9-10-5-7-14(8-6-10)16-12(15)11-3-1-2-4-11/h10-11H,1-8H2. The van der Waals surface area contributed by atoms with Crippen molar-refractivity contribution in [1.29, 1.82) is 5.26 Å². The number of rotatable bonds is 2. The number of carbonyl (C=O) groups is 1. The predicted molar refractivity (Wildman–Crippen MR) is 58.0 cm³/mol. The molecule has 0 spiro atoms. The largest absolute Gasteiger partial charge is 0.368 e. The molecule has 2 rings (SSSR count). The van der Waals surface area contributed by atoms with Gasteiger partial charge in [-0.05, 0) is 25.7 Å². The van der Waals surface area contributed by atoms with Crippen LogP contribution in [0.3, 0.4) is 0 Å². The average Bonchev–Trinajstić information content (AvgIpc) is 2.83. The van der Waals surface area contributed by atoms with Gasteiger partial charge in [-0.1, -0.05) is 12.8 Å². The van der Waals surface area contributed by atoms with Crippen molar-refractivity contribution in [3.63, 3.8) is 0 Å². The second-order valence-electron chi connectivity index (χ2n) is 4.72. The summed E-state index contributed by atoms with van der Waals surface area (Å²) < 4.78 is 0. The molecule has 0 N–H and O–H groups in total. The van der Waals surface area contributed by atoms with Crippen LogP contribution in [0, 0.1) is 23.2 Å². The van der Waals surface area contributed by atoms with Gasteiger partial charge < -0.3 is 4.84 Å². The molecule has 1 saturated heterocycles. The second-order valence-corrected chi connectivity index (χ2v) is 4.72. The molecule has 16 heavy (non-hydrogen) atoms. The van der Waals surface area contributed by atoms with Gasteiger partial charge in [0.05, 0.1) is 12.0 Å². The van der Waals surface area contributed by atoms with Crippen molar-refractivity contribution >= 4 is 5.97 Å². The topological polar surface area (TPSA) is 53.3 Å². The first kappa shape index (κ1) is 11.4. The highest BCUT2D eigenvalue weighted by atomic mass is 16.7. The van der Waals surface area contributed by atoms with Crippen LogP contribution in [-0.2, 0) is 9.63 Å². The number of carbonyl (C=O) groups excluding carboxylic acids is 1. The zero-order chi connectivity index (χ0) is 11.4. The van der Waals surface area contributed by atoms with Crippen LogP contribution in [0.1, 0.15) is 38.5 Å². The maximum atomic E-state index is 11.7. The molecular formula is C12H18N2O2. The Labute approximate surface area is 96.1 Å². The third-order valence-corrected chi connectivity index (χ3v) is 3.54. The lowest BCUT2D eigenvalue weighted by Gasteiger charge is -2.28. The maximum absolute atomic E-state index is 11.7. The Balaban J connectivity index is 1.74. The minimum atomic E-state index is -0.0621. The maximum Gasteiger partial charge on any atom is 0.328 e. The Kier molecular flexibility index (Phi) is 3.79. The van der Waals surface area contributed by atoms with E-state index in [1.165, 1.54) is 0 Å². The summed E-state index contributed by atoms with van der Waals surface area (Å²) in [7, 11) is 0. The molecule has 0 aromatic heterocycles. The molecule has 0 radical (unpaired) electrons. The number of nitriles is 1. The van der Waals surface area contributed by atoms with Gasteiger partial charge >= 0.3 is 5.97 Å². The van der Waals surface area contributed by atoms with Crippen molar-refractivity contribution in [3.8, 4) is 6.07 Å². The third-order valence-electron chi connectivity index (χ3n) is 3.54. The molecule has 2 fully saturated rings. The fourth-order valence-electron chi connectivity index (χ4n) is 2.44. The quantitative estimate of drug-likeness (QED) is 0.715. The summed E-state index contributed by atoms with van der Waals surface area (Å²) in [4.78, 5) is 17.1. The van der Waals surface area contributed by atoms with Crippen molar-refractivity contribution in [2.45, 2.75) is 38.5 Å². The number of hydrogen-bond acceptors (Lipinski definition) is 4. The first-order valence-electron chi connectivity index (χ1n) is 6.16. The first-order valence-corrected chi connectivity index (χ1v) is 6.16. The van der Waals surface area contributed by atoms with Crippen LogP contribution in [0.5, 0.6) is 0 Å². The van der Waals surface area contributed by atoms with E-state index < -0.39 is 0 Å². The molecule has 1 aliphatic carbocycles. The highest BCUT2D eigenvalue weighted by molar-refractivity contribution is 5.72. The lowest BCUT2D eigenvalue weighted by Crippen LogP contribution is -2.36. The Morgan fingerprint density at radius 3 is 2.38 bits per heavy atom. The van der Waals surface area contributed by atoms with Crippen LogP contribution in [0.4, 0.5) is 0 Å². The van der Waals surface area contributed by atoms with Crippen molar-refractivity contribution in [2.75, 3.05) is 13.1 Å². The summed E-state index contributed by atoms with van der Waals surface area (Å²) in [6.45, 7) is 1.41. The van der Waals surface area contributed by atoms with E-state index in [2.05, 4.69) is 6.07 Å². The monoisotopic (exact) mass is 222 g/mol. The van der Waals surface area contributed by atoms with Gasteiger partial charge in [-0.3, -0.25) is 4.79 Å². The number of hydroxylamine groups is 2. The zero-order valence-corrected chi connectivity index (χ0v) is 9.52. The highest BCUT2D eigenvalue weighted by Gasteiger charge is 2.28. The molecule has 0 aromatic carbocycles. The molecule has 1 saturated carbocycles. The van der Waals surface area contributed by atoms with Crippen LogP contribution < -0.4 is 0 Å². The fraction of sp³-hybridized carbons (Fsp3) is 0.833. The van der Waals surface area contributed by atoms with Crippen molar-refractivity contribution in [1.82, 2.24) is 5.06 Å². The van der Waals surface area contributed by atoms with E-state index in [1.807, 2.05) is 0 Å². The van der Waals surface area contributed by atoms with Crippen molar-refractivity contribution in [2.24, 2.45) is 11.8 Å². The van der Waals surface area contributed by atoms with Crippen LogP contribution in [-0.4, -0.2) is 24.1 Å². The Hall–Kier alpha value is -1.08. The van der Waals surface area contributed by atoms with E-state index in [-0.39, 0.29) is 17.8 Å². The van der Waals surface area contributed by atoms with E-state index in [0.717, 1.165) is 38.5 Å². The molecule has 0 bridgehead atoms. The van der Waals surface area contributed by atoms with E-state index in [4.69, 9.17) is 10.1 Å². The minimum absolute atomic E-state index is 0.0621. The van der Waals surface area contributed by atoms with Gasteiger partial charge in [-0.2, -0.15) is 5.26 Å². The summed E-state index contributed by atoms with van der Waals surface area (Å²) in [5.74, 6) is 0.197. The average molecular weight is 222 g/mol. The van der Waals surface area contributed by atoms with Gasteiger partial charge in [0, 0.05) is 19.0 Å². The van der Waals surface area contributed by atoms with Gasteiger partial charge in [0.25, 0.3) is 0 Å². The van der Waals surface area contributed by atoms with Gasteiger partial charge in [0.2, 0.25) is 0 Å². The lowest BCUT2D eigenvalue weighted by atomic mass is 10.00. The molecule has 0 atom stereocenters. The van der Waals surface area contributed by atoms with Crippen LogP contribution in [0.2, 0.25) is 0 Å². The smallest absolute Gasteiger partial charge is 0.328 e. The zero-order valence-electron chi connectivity index (χ0n) is 9.52. The van der Waals surface area contributed by atoms with Crippen molar-refractivity contribution in [3.05, 3.63) is 0 Å². The molecule has 4 nitrogen and oxygen atoms in total. The molecular weight excluding hydrogens is 204 g/mol. The molecule has 0 amide bonds. The lowest BCUT2D eigenvalue weighted by molar-refractivity contribution is -0.200. The summed E-state index contributed by atoms with van der Waals surface area (Å²) in [6.07, 6.45) is 5.89. The van der Waals surface area contributed by atoms with Gasteiger partial charge in [-0.15, -0.1) is 5.06 Å². The molecule has 4 heteroatoms. The number of piperidine rings is 1. The molecule has 1 aliphatic heterocycles. The summed E-state index contributed by atoms with van der Waals surface area (Å²) in [5, 5.41) is 10.5. The van der Waals surface area contributed by atoms with Gasteiger partial charge in [0.1, 0.15) is 0 Å². The van der Waals surface area contributed by atoms with Crippen molar-refractivity contribution < 1.29 is 9.63 Å². The van der Waals surface area contributed by atoms with E-state index in [1.54, 1.807) is 5.06 Å². The minimum Gasteiger partial charge on any atom is -0.368 e. The van der Waals surface area contributed by atoms with Crippen LogP contribution >= 0.6 is 0 Å². The normalized spacial score (nSPS) is 24.2. The molecule has 0 unspecified atom stereocenters. The SMILES string of the molecule is N#CC1CCN(OC(=O)C2CCCC2)CC1. The predicted octanol–water partition coefficient (Wildman–Crippen LogP) is 1.87. The Morgan fingerprint density at radius 1 is 1.19 bits per heavy atom. The van der Waals surface area contributed by atoms with E-state index in [0.29, 0.717) is 13.1 Å². The molecule has 1 heterocycles. The summed E-state index contributed by atoms with van der Waals surface area (Å²) in [6, 6.07) is 2.27. The number of nitrogens with zero attached hydrogens (tertiary/aromatic N) is 2. The summed E-state index contributed by atoms with van der Waals surface area (Å²) >= 11 is 0. The Morgan fingerprint density at radius 2 is 1.81 bits per heavy atom. The molecule has 2 aliphatic rings. The van der Waals surface area contributed by atoms with Gasteiger partial charge in [0.15, 0.2) is 0 Å². The first-order chi connectivity index (χ1) is 7.79.